The van der Waals surface area contributed by atoms with Gasteiger partial charge in [0.2, 0.25) is 0 Å². The van der Waals surface area contributed by atoms with Crippen LogP contribution in [0.15, 0.2) is 72.8 Å². The molecule has 3 aromatic carbocycles. The van der Waals surface area contributed by atoms with Gasteiger partial charge in [0.05, 0.1) is 12.1 Å². The lowest BCUT2D eigenvalue weighted by Gasteiger charge is -2.38. The summed E-state index contributed by atoms with van der Waals surface area (Å²) in [5.41, 5.74) is 4.23. The largest absolute Gasteiger partial charge is 0.481 e. The number of carbonyl (C=O) groups is 1. The molecule has 0 aromatic heterocycles. The fraction of sp³-hybridized carbons (Fsp3) is 0.387. The molecule has 0 saturated carbocycles. The first-order valence-electron chi connectivity index (χ1n) is 13.3. The van der Waals surface area contributed by atoms with Crippen molar-refractivity contribution in [3.8, 4) is 5.75 Å². The molecule has 5 nitrogen and oxygen atoms in total. The van der Waals surface area contributed by atoms with Gasteiger partial charge in [-0.3, -0.25) is 9.69 Å². The van der Waals surface area contributed by atoms with Gasteiger partial charge in [-0.2, -0.15) is 0 Å². The fourth-order valence-corrected chi connectivity index (χ4v) is 5.38. The molecule has 3 unspecified atom stereocenters. The molecule has 3 aromatic rings. The predicted octanol–water partition coefficient (Wildman–Crippen LogP) is 5.43. The minimum atomic E-state index is -0.576. The molecular formula is C31H35FN2O3. The van der Waals surface area contributed by atoms with Crippen LogP contribution in [0.3, 0.4) is 0 Å². The van der Waals surface area contributed by atoms with E-state index in [0.717, 1.165) is 43.5 Å². The van der Waals surface area contributed by atoms with Crippen molar-refractivity contribution < 1.29 is 18.7 Å². The van der Waals surface area contributed by atoms with E-state index in [-0.39, 0.29) is 23.9 Å². The molecule has 0 bridgehead atoms. The summed E-state index contributed by atoms with van der Waals surface area (Å²) in [5.74, 6) is 0.375. The van der Waals surface area contributed by atoms with Gasteiger partial charge >= 0.3 is 0 Å². The minimum absolute atomic E-state index is 0.0403. The number of rotatable bonds is 9. The molecule has 0 radical (unpaired) electrons. The summed E-state index contributed by atoms with van der Waals surface area (Å²) < 4.78 is 26.4. The van der Waals surface area contributed by atoms with Gasteiger partial charge in [-0.25, -0.2) is 4.39 Å². The Balaban J connectivity index is 1.38. The lowest BCUT2D eigenvalue weighted by Crippen LogP contribution is -2.41. The summed E-state index contributed by atoms with van der Waals surface area (Å²) in [6.45, 7) is 4.58. The maximum Gasteiger partial charge on any atom is 0.261 e. The van der Waals surface area contributed by atoms with Gasteiger partial charge in [0.1, 0.15) is 11.6 Å². The molecule has 1 amide bonds. The second kappa shape index (κ2) is 11.9. The van der Waals surface area contributed by atoms with Crippen LogP contribution < -0.4 is 10.1 Å². The van der Waals surface area contributed by atoms with E-state index in [4.69, 9.17) is 9.47 Å². The number of hydrogen-bond acceptors (Lipinski definition) is 4. The second-order valence-electron chi connectivity index (χ2n) is 9.88. The van der Waals surface area contributed by atoms with Crippen molar-refractivity contribution in [2.45, 2.75) is 57.4 Å². The van der Waals surface area contributed by atoms with E-state index in [1.54, 1.807) is 6.07 Å². The van der Waals surface area contributed by atoms with E-state index in [1.807, 2.05) is 43.3 Å². The summed E-state index contributed by atoms with van der Waals surface area (Å²) in [4.78, 5) is 15.2. The maximum absolute atomic E-state index is 14.6. The lowest BCUT2D eigenvalue weighted by molar-refractivity contribution is -0.128. The zero-order chi connectivity index (χ0) is 25.6. The third kappa shape index (κ3) is 6.03. The Morgan fingerprint density at radius 2 is 1.95 bits per heavy atom. The van der Waals surface area contributed by atoms with Crippen LogP contribution in [-0.4, -0.2) is 42.7 Å². The molecule has 1 N–H and O–H groups in total. The second-order valence-corrected chi connectivity index (χ2v) is 9.88. The van der Waals surface area contributed by atoms with Crippen molar-refractivity contribution >= 4 is 5.91 Å². The standard InChI is InChI=1S/C31H35FN2O3/c1-2-29(31(35)33-20-26-12-8-18-36-26)37-25-15-14-22-16-17-34(21-24-11-6-7-13-28(24)32)30(27(22)19-25)23-9-4-3-5-10-23/h3-7,9-11,13-15,19,26,29-30H,2,8,12,16-18,20-21H2,1H3,(H,33,35). The molecule has 6 heteroatoms. The summed E-state index contributed by atoms with van der Waals surface area (Å²) in [6, 6.07) is 23.4. The number of fused-ring (bicyclic) bond motifs is 1. The normalized spacial score (nSPS) is 20.3. The van der Waals surface area contributed by atoms with Crippen LogP contribution in [0, 0.1) is 5.82 Å². The van der Waals surface area contributed by atoms with Crippen LogP contribution in [0.2, 0.25) is 0 Å². The van der Waals surface area contributed by atoms with E-state index in [1.165, 1.54) is 11.6 Å². The van der Waals surface area contributed by atoms with Crippen LogP contribution >= 0.6 is 0 Å². The molecule has 194 valence electrons. The van der Waals surface area contributed by atoms with Crippen LogP contribution in [-0.2, 0) is 22.5 Å². The Hall–Kier alpha value is -3.22. The summed E-state index contributed by atoms with van der Waals surface area (Å²) in [7, 11) is 0. The summed E-state index contributed by atoms with van der Waals surface area (Å²) >= 11 is 0. The zero-order valence-corrected chi connectivity index (χ0v) is 21.4. The van der Waals surface area contributed by atoms with Crippen LogP contribution in [0.5, 0.6) is 5.75 Å². The topological polar surface area (TPSA) is 50.8 Å². The number of ether oxygens (including phenoxy) is 2. The highest BCUT2D eigenvalue weighted by Crippen LogP contribution is 2.38. The molecule has 2 aliphatic rings. The van der Waals surface area contributed by atoms with Gasteiger partial charge in [0.15, 0.2) is 6.10 Å². The molecule has 3 atom stereocenters. The molecule has 1 saturated heterocycles. The van der Waals surface area contributed by atoms with E-state index in [2.05, 4.69) is 34.5 Å². The van der Waals surface area contributed by atoms with Crippen molar-refractivity contribution in [1.29, 1.82) is 0 Å². The molecule has 2 aliphatic heterocycles. The molecule has 2 heterocycles. The van der Waals surface area contributed by atoms with E-state index >= 15 is 0 Å². The predicted molar refractivity (Wildman–Crippen MR) is 142 cm³/mol. The highest BCUT2D eigenvalue weighted by atomic mass is 19.1. The average Bonchev–Trinajstić information content (AvgIpc) is 3.46. The first-order chi connectivity index (χ1) is 18.1. The SMILES string of the molecule is CCC(Oc1ccc2c(c1)C(c1ccccc1)N(Cc1ccccc1F)CC2)C(=O)NCC1CCCO1. The monoisotopic (exact) mass is 502 g/mol. The molecule has 0 spiro atoms. The Kier molecular flexibility index (Phi) is 8.17. The lowest BCUT2D eigenvalue weighted by atomic mass is 9.87. The van der Waals surface area contributed by atoms with E-state index < -0.39 is 6.10 Å². The van der Waals surface area contributed by atoms with Crippen molar-refractivity contribution in [2.24, 2.45) is 0 Å². The zero-order valence-electron chi connectivity index (χ0n) is 21.4. The van der Waals surface area contributed by atoms with Gasteiger partial charge in [-0.05, 0) is 60.6 Å². The van der Waals surface area contributed by atoms with Gasteiger partial charge in [0, 0.05) is 31.8 Å². The van der Waals surface area contributed by atoms with Crippen LogP contribution in [0.1, 0.15) is 54.5 Å². The third-order valence-corrected chi connectivity index (χ3v) is 7.36. The average molecular weight is 503 g/mol. The number of carbonyl (C=O) groups excluding carboxylic acids is 1. The van der Waals surface area contributed by atoms with Gasteiger partial charge < -0.3 is 14.8 Å². The van der Waals surface area contributed by atoms with Crippen molar-refractivity contribution in [3.63, 3.8) is 0 Å². The first kappa shape index (κ1) is 25.4. The molecule has 0 aliphatic carbocycles. The summed E-state index contributed by atoms with van der Waals surface area (Å²) in [5, 5.41) is 3.00. The quantitative estimate of drug-likeness (QED) is 0.424. The van der Waals surface area contributed by atoms with E-state index in [0.29, 0.717) is 30.8 Å². The third-order valence-electron chi connectivity index (χ3n) is 7.36. The number of benzene rings is 3. The van der Waals surface area contributed by atoms with Gasteiger partial charge in [0.25, 0.3) is 5.91 Å². The maximum atomic E-state index is 14.6. The Morgan fingerprint density at radius 1 is 1.14 bits per heavy atom. The Bertz CT molecular complexity index is 1200. The number of nitrogens with one attached hydrogen (secondary N) is 1. The van der Waals surface area contributed by atoms with Crippen LogP contribution in [0.25, 0.3) is 0 Å². The van der Waals surface area contributed by atoms with Gasteiger partial charge in [-0.15, -0.1) is 0 Å². The summed E-state index contributed by atoms with van der Waals surface area (Å²) in [6.07, 6.45) is 2.97. The number of halogens is 1. The van der Waals surface area contributed by atoms with E-state index in [9.17, 15) is 9.18 Å². The van der Waals surface area contributed by atoms with Gasteiger partial charge in [-0.1, -0.05) is 61.5 Å². The highest BCUT2D eigenvalue weighted by Gasteiger charge is 2.30. The van der Waals surface area contributed by atoms with Crippen molar-refractivity contribution in [1.82, 2.24) is 10.2 Å². The smallest absolute Gasteiger partial charge is 0.261 e. The number of nitrogens with zero attached hydrogens (tertiary/aromatic N) is 1. The van der Waals surface area contributed by atoms with Crippen molar-refractivity contribution in [3.05, 3.63) is 101 Å². The fourth-order valence-electron chi connectivity index (χ4n) is 5.38. The molecular weight excluding hydrogens is 467 g/mol. The van der Waals surface area contributed by atoms with Crippen LogP contribution in [0.4, 0.5) is 4.39 Å². The Labute approximate surface area is 218 Å². The molecule has 5 rings (SSSR count). The first-order valence-corrected chi connectivity index (χ1v) is 13.3. The number of amides is 1. The highest BCUT2D eigenvalue weighted by molar-refractivity contribution is 5.81. The molecule has 1 fully saturated rings. The van der Waals surface area contributed by atoms with Crippen molar-refractivity contribution in [2.75, 3.05) is 19.7 Å². The Morgan fingerprint density at radius 3 is 2.70 bits per heavy atom. The molecule has 37 heavy (non-hydrogen) atoms. The number of hydrogen-bond donors (Lipinski definition) is 1. The minimum Gasteiger partial charge on any atom is -0.481 e.